The lowest BCUT2D eigenvalue weighted by Gasteiger charge is -2.14. The van der Waals surface area contributed by atoms with Crippen LogP contribution in [0.4, 0.5) is 0 Å². The monoisotopic (exact) mass is 250 g/mol. The molecule has 1 aliphatic rings. The molecule has 0 radical (unpaired) electrons. The third kappa shape index (κ3) is 4.09. The van der Waals surface area contributed by atoms with E-state index in [1.807, 2.05) is 6.92 Å². The van der Waals surface area contributed by atoms with E-state index in [0.717, 1.165) is 12.8 Å². The molecule has 1 fully saturated rings. The first-order valence-electron chi connectivity index (χ1n) is 5.73. The fourth-order valence-electron chi connectivity index (χ4n) is 2.03. The van der Waals surface area contributed by atoms with Crippen LogP contribution in [0.5, 0.6) is 0 Å². The van der Waals surface area contributed by atoms with Crippen molar-refractivity contribution in [1.82, 2.24) is 0 Å². The molecule has 2 unspecified atom stereocenters. The molecule has 0 saturated carbocycles. The first-order chi connectivity index (χ1) is 7.44. The van der Waals surface area contributed by atoms with E-state index in [2.05, 4.69) is 0 Å². The number of carboxylic acids is 1. The summed E-state index contributed by atoms with van der Waals surface area (Å²) in [6, 6.07) is -0.554. The van der Waals surface area contributed by atoms with Gasteiger partial charge in [-0.15, -0.1) is 0 Å². The fourth-order valence-corrected chi connectivity index (χ4v) is 3.79. The molecule has 0 aromatic heterocycles. The summed E-state index contributed by atoms with van der Waals surface area (Å²) in [5.74, 6) is -0.505. The fraction of sp³-hybridized carbons (Fsp3) is 0.900. The van der Waals surface area contributed by atoms with Gasteiger partial charge in [0.2, 0.25) is 0 Å². The van der Waals surface area contributed by atoms with Crippen molar-refractivity contribution in [2.24, 2.45) is 0 Å². The molecule has 1 saturated heterocycles. The Labute approximate surface area is 96.1 Å². The number of rotatable bonds is 6. The SMILES string of the molecule is CCCCC([NH2+]C1CCS(=O)(=O)C1)C(=O)O. The molecule has 6 heteroatoms. The molecule has 1 aliphatic heterocycles. The van der Waals surface area contributed by atoms with E-state index in [1.54, 1.807) is 5.32 Å². The van der Waals surface area contributed by atoms with E-state index in [-0.39, 0.29) is 17.5 Å². The summed E-state index contributed by atoms with van der Waals surface area (Å²) < 4.78 is 22.5. The van der Waals surface area contributed by atoms with Gasteiger partial charge in [-0.3, -0.25) is 0 Å². The van der Waals surface area contributed by atoms with Gasteiger partial charge in [0.15, 0.2) is 15.9 Å². The number of carbonyl (C=O) groups is 1. The molecular weight excluding hydrogens is 230 g/mol. The second-order valence-corrected chi connectivity index (χ2v) is 6.67. The van der Waals surface area contributed by atoms with Crippen LogP contribution < -0.4 is 5.32 Å². The Morgan fingerprint density at radius 1 is 1.56 bits per heavy atom. The van der Waals surface area contributed by atoms with Crippen LogP contribution >= 0.6 is 0 Å². The Kier molecular flexibility index (Phi) is 4.73. The Bertz CT molecular complexity index is 339. The molecule has 0 aromatic carbocycles. The van der Waals surface area contributed by atoms with Gasteiger partial charge in [-0.2, -0.15) is 0 Å². The second kappa shape index (κ2) is 5.63. The molecule has 0 bridgehead atoms. The lowest BCUT2D eigenvalue weighted by atomic mass is 10.1. The Balaban J connectivity index is 2.46. The summed E-state index contributed by atoms with van der Waals surface area (Å²) in [5, 5.41) is 10.7. The average Bonchev–Trinajstić information content (AvgIpc) is 2.52. The van der Waals surface area contributed by atoms with E-state index < -0.39 is 21.8 Å². The first kappa shape index (κ1) is 13.4. The summed E-state index contributed by atoms with van der Waals surface area (Å²) in [6.45, 7) is 2.01. The molecule has 0 amide bonds. The molecule has 0 aliphatic carbocycles. The van der Waals surface area contributed by atoms with Gasteiger partial charge in [-0.05, 0) is 6.42 Å². The standard InChI is InChI=1S/C10H19NO4S/c1-2-3-4-9(10(12)13)11-8-5-6-16(14,15)7-8/h8-9,11H,2-7H2,1H3,(H,12,13)/p+1. The zero-order valence-corrected chi connectivity index (χ0v) is 10.4. The molecule has 1 heterocycles. The van der Waals surface area contributed by atoms with Crippen molar-refractivity contribution in [2.75, 3.05) is 11.5 Å². The molecule has 2 atom stereocenters. The predicted molar refractivity (Wildman–Crippen MR) is 59.9 cm³/mol. The highest BCUT2D eigenvalue weighted by atomic mass is 32.2. The number of carboxylic acid groups (broad SMARTS) is 1. The van der Waals surface area contributed by atoms with E-state index in [0.29, 0.717) is 12.8 Å². The van der Waals surface area contributed by atoms with Crippen molar-refractivity contribution >= 4 is 15.8 Å². The Morgan fingerprint density at radius 3 is 2.69 bits per heavy atom. The Hall–Kier alpha value is -0.620. The third-order valence-electron chi connectivity index (χ3n) is 2.96. The zero-order valence-electron chi connectivity index (χ0n) is 9.55. The maximum absolute atomic E-state index is 11.2. The molecule has 5 nitrogen and oxygen atoms in total. The van der Waals surface area contributed by atoms with Crippen molar-refractivity contribution in [3.05, 3.63) is 0 Å². The lowest BCUT2D eigenvalue weighted by Crippen LogP contribution is -2.97. The minimum absolute atomic E-state index is 0.0667. The maximum Gasteiger partial charge on any atom is 0.362 e. The highest BCUT2D eigenvalue weighted by Crippen LogP contribution is 2.08. The maximum atomic E-state index is 11.2. The lowest BCUT2D eigenvalue weighted by molar-refractivity contribution is -0.706. The van der Waals surface area contributed by atoms with Crippen molar-refractivity contribution in [3.63, 3.8) is 0 Å². The highest BCUT2D eigenvalue weighted by molar-refractivity contribution is 7.91. The minimum Gasteiger partial charge on any atom is -0.477 e. The number of hydrogen-bond donors (Lipinski definition) is 2. The summed E-state index contributed by atoms with van der Waals surface area (Å²) >= 11 is 0. The highest BCUT2D eigenvalue weighted by Gasteiger charge is 2.34. The van der Waals surface area contributed by atoms with Gasteiger partial charge in [0, 0.05) is 12.8 Å². The normalized spacial score (nSPS) is 25.4. The molecule has 1 rings (SSSR count). The molecule has 94 valence electrons. The van der Waals surface area contributed by atoms with Gasteiger partial charge < -0.3 is 10.4 Å². The molecule has 0 aromatic rings. The summed E-state index contributed by atoms with van der Waals surface area (Å²) in [6.07, 6.45) is 3.02. The number of sulfone groups is 1. The van der Waals surface area contributed by atoms with Crippen molar-refractivity contribution < 1.29 is 23.6 Å². The van der Waals surface area contributed by atoms with E-state index >= 15 is 0 Å². The number of unbranched alkanes of at least 4 members (excludes halogenated alkanes) is 1. The van der Waals surface area contributed by atoms with E-state index in [4.69, 9.17) is 5.11 Å². The van der Waals surface area contributed by atoms with Crippen LogP contribution in [0.3, 0.4) is 0 Å². The predicted octanol–water partition coefficient (Wildman–Crippen LogP) is -0.620. The summed E-state index contributed by atoms with van der Waals surface area (Å²) in [5.41, 5.74) is 0. The first-order valence-corrected chi connectivity index (χ1v) is 7.55. The smallest absolute Gasteiger partial charge is 0.362 e. The molecule has 0 spiro atoms. The molecular formula is C10H20NO4S+. The third-order valence-corrected chi connectivity index (χ3v) is 4.75. The van der Waals surface area contributed by atoms with Crippen molar-refractivity contribution in [1.29, 1.82) is 0 Å². The van der Waals surface area contributed by atoms with Crippen LogP contribution in [-0.4, -0.2) is 43.1 Å². The van der Waals surface area contributed by atoms with E-state index in [9.17, 15) is 13.2 Å². The summed E-state index contributed by atoms with van der Waals surface area (Å²) in [4.78, 5) is 11.0. The van der Waals surface area contributed by atoms with Crippen molar-refractivity contribution in [2.45, 2.75) is 44.7 Å². The number of nitrogens with two attached hydrogens (primary N) is 1. The zero-order chi connectivity index (χ0) is 12.2. The summed E-state index contributed by atoms with van der Waals surface area (Å²) in [7, 11) is -2.91. The van der Waals surface area contributed by atoms with Gasteiger partial charge in [-0.1, -0.05) is 13.3 Å². The van der Waals surface area contributed by atoms with Crippen LogP contribution in [0.15, 0.2) is 0 Å². The quantitative estimate of drug-likeness (QED) is 0.657. The van der Waals surface area contributed by atoms with Crippen LogP contribution in [-0.2, 0) is 14.6 Å². The second-order valence-electron chi connectivity index (χ2n) is 4.44. The van der Waals surface area contributed by atoms with Gasteiger partial charge >= 0.3 is 5.97 Å². The minimum atomic E-state index is -2.91. The van der Waals surface area contributed by atoms with Crippen molar-refractivity contribution in [3.8, 4) is 0 Å². The van der Waals surface area contributed by atoms with Gasteiger partial charge in [0.1, 0.15) is 11.8 Å². The topological polar surface area (TPSA) is 88.0 Å². The van der Waals surface area contributed by atoms with Crippen LogP contribution in [0, 0.1) is 0 Å². The number of hydrogen-bond acceptors (Lipinski definition) is 3. The molecule has 16 heavy (non-hydrogen) atoms. The Morgan fingerprint density at radius 2 is 2.25 bits per heavy atom. The number of quaternary nitrogens is 1. The van der Waals surface area contributed by atoms with Crippen LogP contribution in [0.1, 0.15) is 32.6 Å². The molecule has 3 N–H and O–H groups in total. The van der Waals surface area contributed by atoms with Gasteiger partial charge in [0.05, 0.1) is 5.75 Å². The van der Waals surface area contributed by atoms with Crippen LogP contribution in [0.25, 0.3) is 0 Å². The average molecular weight is 250 g/mol. The van der Waals surface area contributed by atoms with Crippen LogP contribution in [0.2, 0.25) is 0 Å². The van der Waals surface area contributed by atoms with Gasteiger partial charge in [-0.25, -0.2) is 13.2 Å². The number of aliphatic carboxylic acids is 1. The van der Waals surface area contributed by atoms with E-state index in [1.165, 1.54) is 0 Å². The largest absolute Gasteiger partial charge is 0.477 e. The van der Waals surface area contributed by atoms with Gasteiger partial charge in [0.25, 0.3) is 0 Å².